The number of morpholine rings is 1. The topological polar surface area (TPSA) is 96.7 Å². The Balaban J connectivity index is 2.31. The maximum Gasteiger partial charge on any atom is 0.336 e. The number of nitriles is 1. The number of nitrogens with zero attached hydrogens (tertiary/aromatic N) is 2. The lowest BCUT2D eigenvalue weighted by Crippen LogP contribution is -2.48. The van der Waals surface area contributed by atoms with Crippen molar-refractivity contribution >= 4 is 16.0 Å². The van der Waals surface area contributed by atoms with Crippen LogP contribution in [0.5, 0.6) is 0 Å². The van der Waals surface area contributed by atoms with E-state index in [2.05, 4.69) is 4.74 Å². The van der Waals surface area contributed by atoms with Gasteiger partial charge < -0.3 is 9.47 Å². The molecule has 1 aliphatic heterocycles. The number of methoxy groups -OCH3 is 1. The summed E-state index contributed by atoms with van der Waals surface area (Å²) in [7, 11) is -2.64. The monoisotopic (exact) mass is 310 g/mol. The van der Waals surface area contributed by atoms with Gasteiger partial charge in [-0.1, -0.05) is 12.1 Å². The molecule has 0 aliphatic carbocycles. The number of hydrogen-bond donors (Lipinski definition) is 0. The number of carbonyl (C=O) groups is 1. The maximum atomic E-state index is 12.6. The summed E-state index contributed by atoms with van der Waals surface area (Å²) in [6.07, 6.45) is -0.951. The van der Waals surface area contributed by atoms with Gasteiger partial charge >= 0.3 is 5.97 Å². The van der Waals surface area contributed by atoms with E-state index in [1.54, 1.807) is 12.1 Å². The van der Waals surface area contributed by atoms with Crippen LogP contribution in [0.3, 0.4) is 0 Å². The first-order valence-corrected chi connectivity index (χ1v) is 7.63. The largest absolute Gasteiger partial charge is 0.467 e. The van der Waals surface area contributed by atoms with Gasteiger partial charge in [0.25, 0.3) is 0 Å². The second kappa shape index (κ2) is 6.22. The van der Waals surface area contributed by atoms with E-state index in [0.717, 1.165) is 4.31 Å². The minimum absolute atomic E-state index is 0.0682. The van der Waals surface area contributed by atoms with Crippen LogP contribution in [0.4, 0.5) is 0 Å². The molecule has 1 heterocycles. The Labute approximate surface area is 122 Å². The Bertz CT molecular complexity index is 680. The molecule has 8 heteroatoms. The van der Waals surface area contributed by atoms with Crippen molar-refractivity contribution in [1.29, 1.82) is 5.26 Å². The van der Waals surface area contributed by atoms with Crippen molar-refractivity contribution in [2.75, 3.05) is 26.8 Å². The summed E-state index contributed by atoms with van der Waals surface area (Å²) in [6, 6.07) is 7.80. The zero-order valence-electron chi connectivity index (χ0n) is 11.4. The van der Waals surface area contributed by atoms with E-state index in [0.29, 0.717) is 0 Å². The van der Waals surface area contributed by atoms with Crippen LogP contribution < -0.4 is 0 Å². The minimum atomic E-state index is -3.86. The number of benzene rings is 1. The molecule has 0 bridgehead atoms. The molecule has 1 fully saturated rings. The van der Waals surface area contributed by atoms with Gasteiger partial charge in [0.15, 0.2) is 6.10 Å². The smallest absolute Gasteiger partial charge is 0.336 e. The van der Waals surface area contributed by atoms with Crippen LogP contribution in [-0.4, -0.2) is 51.6 Å². The second-order valence-corrected chi connectivity index (χ2v) is 6.26. The van der Waals surface area contributed by atoms with Crippen LogP contribution in [0.25, 0.3) is 0 Å². The summed E-state index contributed by atoms with van der Waals surface area (Å²) in [5.74, 6) is -0.622. The van der Waals surface area contributed by atoms with Gasteiger partial charge in [-0.15, -0.1) is 0 Å². The maximum absolute atomic E-state index is 12.6. The van der Waals surface area contributed by atoms with Crippen LogP contribution in [0.15, 0.2) is 29.2 Å². The summed E-state index contributed by atoms with van der Waals surface area (Å²) in [5, 5.41) is 9.03. The molecule has 1 atom stereocenters. The molecule has 1 saturated heterocycles. The van der Waals surface area contributed by atoms with E-state index in [1.165, 1.54) is 19.2 Å². The van der Waals surface area contributed by atoms with Gasteiger partial charge in [0, 0.05) is 6.54 Å². The van der Waals surface area contributed by atoms with Gasteiger partial charge in [0.05, 0.1) is 30.7 Å². The summed E-state index contributed by atoms with van der Waals surface area (Å²) >= 11 is 0. The van der Waals surface area contributed by atoms with Gasteiger partial charge in [0.1, 0.15) is 6.07 Å². The Hall–Kier alpha value is -1.95. The van der Waals surface area contributed by atoms with Crippen LogP contribution in [0.2, 0.25) is 0 Å². The van der Waals surface area contributed by atoms with Crippen molar-refractivity contribution in [2.24, 2.45) is 0 Å². The molecule has 0 aromatic heterocycles. The number of sulfonamides is 1. The van der Waals surface area contributed by atoms with Crippen molar-refractivity contribution in [3.8, 4) is 6.07 Å². The van der Waals surface area contributed by atoms with Gasteiger partial charge in [-0.2, -0.15) is 9.57 Å². The lowest BCUT2D eigenvalue weighted by atomic mass is 10.2. The highest BCUT2D eigenvalue weighted by molar-refractivity contribution is 7.89. The minimum Gasteiger partial charge on any atom is -0.467 e. The Morgan fingerprint density at radius 2 is 2.19 bits per heavy atom. The fourth-order valence-electron chi connectivity index (χ4n) is 2.04. The number of carbonyl (C=O) groups excluding carboxylic acids is 1. The molecule has 0 amide bonds. The third-order valence-electron chi connectivity index (χ3n) is 3.12. The van der Waals surface area contributed by atoms with Crippen LogP contribution >= 0.6 is 0 Å². The second-order valence-electron chi connectivity index (χ2n) is 4.35. The van der Waals surface area contributed by atoms with Crippen molar-refractivity contribution in [1.82, 2.24) is 4.31 Å². The molecule has 0 spiro atoms. The summed E-state index contributed by atoms with van der Waals surface area (Å²) in [5.41, 5.74) is 0.0682. The molecule has 2 rings (SSSR count). The summed E-state index contributed by atoms with van der Waals surface area (Å²) in [4.78, 5) is 11.4. The molecular formula is C13H14N2O5S. The first-order valence-electron chi connectivity index (χ1n) is 6.19. The molecule has 1 aromatic rings. The van der Waals surface area contributed by atoms with E-state index in [-0.39, 0.29) is 30.2 Å². The predicted molar refractivity (Wildman–Crippen MR) is 71.7 cm³/mol. The van der Waals surface area contributed by atoms with Gasteiger partial charge in [-0.25, -0.2) is 13.2 Å². The Kier molecular flexibility index (Phi) is 4.57. The average molecular weight is 310 g/mol. The molecule has 21 heavy (non-hydrogen) atoms. The highest BCUT2D eigenvalue weighted by Gasteiger charge is 2.35. The van der Waals surface area contributed by atoms with Gasteiger partial charge in [0.2, 0.25) is 10.0 Å². The number of esters is 1. The lowest BCUT2D eigenvalue weighted by Gasteiger charge is -2.30. The molecule has 7 nitrogen and oxygen atoms in total. The lowest BCUT2D eigenvalue weighted by molar-refractivity contribution is -0.157. The van der Waals surface area contributed by atoms with Crippen molar-refractivity contribution in [2.45, 2.75) is 11.0 Å². The first-order chi connectivity index (χ1) is 10.0. The first kappa shape index (κ1) is 15.4. The molecular weight excluding hydrogens is 296 g/mol. The highest BCUT2D eigenvalue weighted by atomic mass is 32.2. The number of rotatable bonds is 3. The molecule has 0 saturated carbocycles. The molecule has 1 aliphatic rings. The van der Waals surface area contributed by atoms with Crippen LogP contribution in [0.1, 0.15) is 5.56 Å². The molecule has 0 N–H and O–H groups in total. The molecule has 0 radical (unpaired) electrons. The number of hydrogen-bond acceptors (Lipinski definition) is 6. The molecule has 1 aromatic carbocycles. The van der Waals surface area contributed by atoms with Gasteiger partial charge in [-0.3, -0.25) is 0 Å². The van der Waals surface area contributed by atoms with Crippen molar-refractivity contribution in [3.63, 3.8) is 0 Å². The Morgan fingerprint density at radius 3 is 2.86 bits per heavy atom. The van der Waals surface area contributed by atoms with E-state index < -0.39 is 22.1 Å². The van der Waals surface area contributed by atoms with E-state index in [1.807, 2.05) is 6.07 Å². The van der Waals surface area contributed by atoms with Crippen molar-refractivity contribution < 1.29 is 22.7 Å². The normalized spacial score (nSPS) is 19.7. The summed E-state index contributed by atoms with van der Waals surface area (Å²) in [6.45, 7) is 0.0814. The fourth-order valence-corrected chi connectivity index (χ4v) is 3.61. The zero-order chi connectivity index (χ0) is 15.5. The van der Waals surface area contributed by atoms with Gasteiger partial charge in [-0.05, 0) is 12.1 Å². The zero-order valence-corrected chi connectivity index (χ0v) is 12.2. The molecule has 1 unspecified atom stereocenters. The molecule has 112 valence electrons. The quantitative estimate of drug-likeness (QED) is 0.736. The number of ether oxygens (including phenoxy) is 2. The summed E-state index contributed by atoms with van der Waals surface area (Å²) < 4.78 is 36.1. The highest BCUT2D eigenvalue weighted by Crippen LogP contribution is 2.22. The fraction of sp³-hybridized carbons (Fsp3) is 0.385. The van der Waals surface area contributed by atoms with Crippen molar-refractivity contribution in [3.05, 3.63) is 29.8 Å². The average Bonchev–Trinajstić information content (AvgIpc) is 2.54. The standard InChI is InChI=1S/C13H14N2O5S/c1-19-13(16)11-9-15(6-7-20-11)21(17,18)12-5-3-2-4-10(12)8-14/h2-5,11H,6-7,9H2,1H3. The SMILES string of the molecule is COC(=O)C1CN(S(=O)(=O)c2ccccc2C#N)CCO1. The van der Waals surface area contributed by atoms with E-state index in [9.17, 15) is 13.2 Å². The predicted octanol–water partition coefficient (Wildman–Crippen LogP) is 0.121. The third kappa shape index (κ3) is 3.05. The Morgan fingerprint density at radius 1 is 1.48 bits per heavy atom. The third-order valence-corrected chi connectivity index (χ3v) is 5.04. The van der Waals surface area contributed by atoms with Crippen LogP contribution in [0, 0.1) is 11.3 Å². The van der Waals surface area contributed by atoms with Crippen LogP contribution in [-0.2, 0) is 24.3 Å². The van der Waals surface area contributed by atoms with E-state index in [4.69, 9.17) is 10.00 Å². The van der Waals surface area contributed by atoms with E-state index >= 15 is 0 Å².